The van der Waals surface area contributed by atoms with E-state index in [0.717, 1.165) is 51.5 Å². The van der Waals surface area contributed by atoms with Gasteiger partial charge >= 0.3 is 0 Å². The summed E-state index contributed by atoms with van der Waals surface area (Å²) in [5.74, 6) is 2.94. The van der Waals surface area contributed by atoms with E-state index in [1.54, 1.807) is 18.6 Å². The molecule has 1 aliphatic rings. The highest BCUT2D eigenvalue weighted by molar-refractivity contribution is 7.13. The highest BCUT2D eigenvalue weighted by Crippen LogP contribution is 2.47. The Morgan fingerprint density at radius 3 is 2.78 bits per heavy atom. The van der Waals surface area contributed by atoms with Gasteiger partial charge in [0.1, 0.15) is 27.8 Å². The molecule has 0 fully saturated rings. The Morgan fingerprint density at radius 1 is 1.12 bits per heavy atom. The molecular formula is C20H19N11S. The minimum absolute atomic E-state index is 0.488. The minimum Gasteiger partial charge on any atom is -0.308 e. The monoisotopic (exact) mass is 445 g/mol. The quantitative estimate of drug-likeness (QED) is 0.431. The van der Waals surface area contributed by atoms with Gasteiger partial charge in [-0.05, 0) is 20.3 Å². The molecule has 160 valence electrons. The maximum atomic E-state index is 5.04. The van der Waals surface area contributed by atoms with Crippen LogP contribution in [0.2, 0.25) is 0 Å². The predicted octanol–water partition coefficient (Wildman–Crippen LogP) is 3.38. The van der Waals surface area contributed by atoms with Gasteiger partial charge < -0.3 is 4.90 Å². The lowest BCUT2D eigenvalue weighted by molar-refractivity contribution is 0.412. The fraction of sp³-hybridized carbons (Fsp3) is 0.250. The summed E-state index contributed by atoms with van der Waals surface area (Å²) in [6, 6.07) is 0. The van der Waals surface area contributed by atoms with Crippen LogP contribution in [0.3, 0.4) is 0 Å². The van der Waals surface area contributed by atoms with Crippen LogP contribution in [0, 0.1) is 6.92 Å². The molecule has 0 aromatic carbocycles. The van der Waals surface area contributed by atoms with Crippen molar-refractivity contribution in [1.82, 2.24) is 50.1 Å². The predicted molar refractivity (Wildman–Crippen MR) is 119 cm³/mol. The first-order valence-corrected chi connectivity index (χ1v) is 11.0. The van der Waals surface area contributed by atoms with Gasteiger partial charge in [-0.25, -0.2) is 15.0 Å². The maximum absolute atomic E-state index is 5.04. The van der Waals surface area contributed by atoms with Crippen LogP contribution in [-0.4, -0.2) is 50.1 Å². The molecule has 0 spiro atoms. The molecule has 6 rings (SSSR count). The number of nitrogens with one attached hydrogen (secondary N) is 2. The lowest BCUT2D eigenvalue weighted by Gasteiger charge is -2.44. The van der Waals surface area contributed by atoms with E-state index in [4.69, 9.17) is 9.97 Å². The van der Waals surface area contributed by atoms with Gasteiger partial charge in [-0.15, -0.1) is 21.5 Å². The Labute approximate surface area is 186 Å². The maximum Gasteiger partial charge on any atom is 0.165 e. The Morgan fingerprint density at radius 2 is 2.03 bits per heavy atom. The van der Waals surface area contributed by atoms with E-state index in [1.165, 1.54) is 11.3 Å². The van der Waals surface area contributed by atoms with Crippen LogP contribution in [0.5, 0.6) is 0 Å². The van der Waals surface area contributed by atoms with Crippen molar-refractivity contribution in [3.63, 3.8) is 0 Å². The molecule has 0 amide bonds. The van der Waals surface area contributed by atoms with E-state index in [0.29, 0.717) is 5.82 Å². The summed E-state index contributed by atoms with van der Waals surface area (Å²) >= 11 is 1.53. The van der Waals surface area contributed by atoms with Crippen LogP contribution in [0.1, 0.15) is 31.9 Å². The molecule has 5 aromatic heterocycles. The SMILES string of the molecule is CC[C@]1(C)c2nnc(C)n2-c2cnc(-c3cn[nH]c3-c3nccs3)nc2N1c1cn[nH]c1. The van der Waals surface area contributed by atoms with Crippen molar-refractivity contribution in [1.29, 1.82) is 0 Å². The lowest BCUT2D eigenvalue weighted by atomic mass is 9.92. The normalized spacial score (nSPS) is 17.4. The van der Waals surface area contributed by atoms with E-state index in [1.807, 2.05) is 29.3 Å². The number of thiazole rings is 1. The second-order valence-corrected chi connectivity index (χ2v) is 8.62. The molecule has 32 heavy (non-hydrogen) atoms. The van der Waals surface area contributed by atoms with Crippen LogP contribution in [0.15, 0.2) is 36.4 Å². The Kier molecular flexibility index (Phi) is 3.99. The van der Waals surface area contributed by atoms with Crippen molar-refractivity contribution in [2.75, 3.05) is 4.90 Å². The van der Waals surface area contributed by atoms with Crippen molar-refractivity contribution in [2.45, 2.75) is 32.7 Å². The second kappa shape index (κ2) is 6.79. The smallest absolute Gasteiger partial charge is 0.165 e. The number of fused-ring (bicyclic) bond motifs is 3. The number of hydrogen-bond acceptors (Lipinski definition) is 9. The fourth-order valence-corrected chi connectivity index (χ4v) is 4.85. The number of aromatic amines is 2. The van der Waals surface area contributed by atoms with Gasteiger partial charge in [0.05, 0.1) is 29.8 Å². The van der Waals surface area contributed by atoms with E-state index >= 15 is 0 Å². The average molecular weight is 446 g/mol. The van der Waals surface area contributed by atoms with E-state index < -0.39 is 5.54 Å². The van der Waals surface area contributed by atoms with E-state index in [-0.39, 0.29) is 0 Å². The number of nitrogens with zero attached hydrogens (tertiary/aromatic N) is 9. The number of aromatic nitrogens is 10. The lowest BCUT2D eigenvalue weighted by Crippen LogP contribution is -2.46. The third kappa shape index (κ3) is 2.49. The Bertz CT molecular complexity index is 1400. The van der Waals surface area contributed by atoms with Gasteiger partial charge in [0.2, 0.25) is 0 Å². The zero-order valence-electron chi connectivity index (χ0n) is 17.6. The van der Waals surface area contributed by atoms with Crippen LogP contribution in [-0.2, 0) is 5.54 Å². The van der Waals surface area contributed by atoms with Gasteiger partial charge in [-0.3, -0.25) is 14.8 Å². The summed E-state index contributed by atoms with van der Waals surface area (Å²) in [5, 5.41) is 26.0. The summed E-state index contributed by atoms with van der Waals surface area (Å²) in [6.45, 7) is 6.21. The molecule has 12 heteroatoms. The first-order valence-electron chi connectivity index (χ1n) is 10.1. The molecule has 0 unspecified atom stereocenters. The molecule has 0 bridgehead atoms. The summed E-state index contributed by atoms with van der Waals surface area (Å²) in [4.78, 5) is 16.3. The van der Waals surface area contributed by atoms with Crippen LogP contribution in [0.25, 0.3) is 27.8 Å². The summed E-state index contributed by atoms with van der Waals surface area (Å²) < 4.78 is 2.04. The van der Waals surface area contributed by atoms with Gasteiger partial charge in [0.15, 0.2) is 17.5 Å². The van der Waals surface area contributed by atoms with Gasteiger partial charge in [-0.2, -0.15) is 10.2 Å². The number of anilines is 2. The largest absolute Gasteiger partial charge is 0.308 e. The van der Waals surface area contributed by atoms with Crippen molar-refractivity contribution in [3.05, 3.63) is 48.0 Å². The molecular weight excluding hydrogens is 426 g/mol. The van der Waals surface area contributed by atoms with Crippen molar-refractivity contribution < 1.29 is 0 Å². The first-order chi connectivity index (χ1) is 15.6. The molecule has 1 atom stereocenters. The minimum atomic E-state index is -0.488. The molecule has 0 saturated carbocycles. The van der Waals surface area contributed by atoms with Crippen LogP contribution >= 0.6 is 11.3 Å². The first kappa shape index (κ1) is 18.8. The molecule has 5 aromatic rings. The molecule has 2 N–H and O–H groups in total. The highest BCUT2D eigenvalue weighted by Gasteiger charge is 2.45. The molecule has 11 nitrogen and oxygen atoms in total. The number of aryl methyl sites for hydroxylation is 1. The molecule has 6 heterocycles. The zero-order valence-corrected chi connectivity index (χ0v) is 18.4. The van der Waals surface area contributed by atoms with Crippen molar-refractivity contribution in [2.24, 2.45) is 0 Å². The standard InChI is InChI=1S/C20H19N11S/c1-4-20(3)19-29-27-11(2)30(19)14-10-22-16(26-17(14)31(20)12-7-23-24-8-12)13-9-25-28-15(13)18-21-5-6-32-18/h5-10H,4H2,1-3H3,(H,23,24)(H,25,28)/t20-/m1/s1. The summed E-state index contributed by atoms with van der Waals surface area (Å²) in [5.41, 5.74) is 2.81. The summed E-state index contributed by atoms with van der Waals surface area (Å²) in [7, 11) is 0. The third-order valence-electron chi connectivity index (χ3n) is 5.96. The second-order valence-electron chi connectivity index (χ2n) is 7.72. The molecule has 1 aliphatic heterocycles. The molecule has 0 radical (unpaired) electrons. The Hall–Kier alpha value is -3.93. The summed E-state index contributed by atoms with van der Waals surface area (Å²) in [6.07, 6.45) is 9.75. The number of hydrogen-bond donors (Lipinski definition) is 2. The topological polar surface area (TPSA) is 130 Å². The van der Waals surface area contributed by atoms with Crippen molar-refractivity contribution in [3.8, 4) is 27.8 Å². The number of rotatable bonds is 4. The third-order valence-corrected chi connectivity index (χ3v) is 6.75. The van der Waals surface area contributed by atoms with Gasteiger partial charge in [-0.1, -0.05) is 6.92 Å². The van der Waals surface area contributed by atoms with Crippen LogP contribution in [0.4, 0.5) is 11.5 Å². The average Bonchev–Trinajstić information content (AvgIpc) is 3.60. The fourth-order valence-electron chi connectivity index (χ4n) is 4.21. The zero-order chi connectivity index (χ0) is 21.9. The molecule has 0 saturated heterocycles. The van der Waals surface area contributed by atoms with E-state index in [9.17, 15) is 0 Å². The number of H-pyrrole nitrogens is 2. The highest BCUT2D eigenvalue weighted by atomic mass is 32.1. The van der Waals surface area contributed by atoms with Gasteiger partial charge in [0.25, 0.3) is 0 Å². The van der Waals surface area contributed by atoms with Crippen LogP contribution < -0.4 is 4.90 Å². The van der Waals surface area contributed by atoms with Crippen molar-refractivity contribution >= 4 is 22.8 Å². The van der Waals surface area contributed by atoms with Gasteiger partial charge in [0, 0.05) is 17.8 Å². The van der Waals surface area contributed by atoms with E-state index in [2.05, 4.69) is 54.3 Å². The molecule has 0 aliphatic carbocycles. The Balaban J connectivity index is 1.61.